The molecule has 0 N–H and O–H groups in total. The molecule has 1 fully saturated rings. The Morgan fingerprint density at radius 3 is 2.80 bits per heavy atom. The molecule has 1 aliphatic heterocycles. The molecule has 0 saturated carbocycles. The molecule has 3 nitrogen and oxygen atoms in total. The predicted octanol–water partition coefficient (Wildman–Crippen LogP) is 2.46. The third kappa shape index (κ3) is 3.18. The van der Waals surface area contributed by atoms with Gasteiger partial charge in [0.05, 0.1) is 12.3 Å². The highest BCUT2D eigenvalue weighted by Gasteiger charge is 2.38. The molecule has 2 unspecified atom stereocenters. The van der Waals surface area contributed by atoms with Crippen LogP contribution in [0.3, 0.4) is 0 Å². The van der Waals surface area contributed by atoms with Crippen molar-refractivity contribution >= 4 is 11.9 Å². The van der Waals surface area contributed by atoms with E-state index in [9.17, 15) is 9.59 Å². The first-order valence-corrected chi connectivity index (χ1v) is 5.54. The lowest BCUT2D eigenvalue weighted by Crippen LogP contribution is -2.19. The molecule has 84 valence electrons. The Bertz CT molecular complexity index is 258. The van der Waals surface area contributed by atoms with Crippen molar-refractivity contribution in [2.45, 2.75) is 39.0 Å². The Labute approximate surface area is 90.5 Å². The molecule has 0 aromatic rings. The average Bonchev–Trinajstić information content (AvgIpc) is 2.52. The molecular formula is C12H18O3. The van der Waals surface area contributed by atoms with Gasteiger partial charge in [0.2, 0.25) is 0 Å². The van der Waals surface area contributed by atoms with Crippen LogP contribution in [0.4, 0.5) is 0 Å². The van der Waals surface area contributed by atoms with E-state index in [0.29, 0.717) is 0 Å². The van der Waals surface area contributed by atoms with E-state index in [1.54, 1.807) is 0 Å². The van der Waals surface area contributed by atoms with Gasteiger partial charge in [-0.25, -0.2) is 0 Å². The number of carbonyl (C=O) groups excluding carboxylic acids is 2. The minimum Gasteiger partial charge on any atom is -0.393 e. The summed E-state index contributed by atoms with van der Waals surface area (Å²) in [6.07, 6.45) is 6.00. The maximum atomic E-state index is 11.4. The van der Waals surface area contributed by atoms with Crippen molar-refractivity contribution in [2.24, 2.45) is 11.8 Å². The van der Waals surface area contributed by atoms with Gasteiger partial charge >= 0.3 is 11.9 Å². The third-order valence-electron chi connectivity index (χ3n) is 2.87. The number of allylic oxidation sites excluding steroid dienone is 1. The van der Waals surface area contributed by atoms with Crippen LogP contribution in [-0.4, -0.2) is 11.9 Å². The Kier molecular flexibility index (Phi) is 4.53. The van der Waals surface area contributed by atoms with Gasteiger partial charge in [-0.3, -0.25) is 9.59 Å². The molecule has 0 amide bonds. The van der Waals surface area contributed by atoms with Crippen LogP contribution < -0.4 is 0 Å². The summed E-state index contributed by atoms with van der Waals surface area (Å²) in [4.78, 5) is 22.4. The lowest BCUT2D eigenvalue weighted by atomic mass is 9.84. The second-order valence-corrected chi connectivity index (χ2v) is 4.03. The van der Waals surface area contributed by atoms with Crippen molar-refractivity contribution in [1.82, 2.24) is 0 Å². The molecule has 0 radical (unpaired) electrons. The summed E-state index contributed by atoms with van der Waals surface area (Å²) in [5, 5.41) is 0. The number of rotatable bonds is 6. The van der Waals surface area contributed by atoms with Gasteiger partial charge in [0.1, 0.15) is 0 Å². The fraction of sp³-hybridized carbons (Fsp3) is 0.667. The van der Waals surface area contributed by atoms with Gasteiger partial charge in [0, 0.05) is 0 Å². The summed E-state index contributed by atoms with van der Waals surface area (Å²) in [7, 11) is 0. The summed E-state index contributed by atoms with van der Waals surface area (Å²) >= 11 is 0. The summed E-state index contributed by atoms with van der Waals surface area (Å²) in [6.45, 7) is 5.80. The van der Waals surface area contributed by atoms with E-state index >= 15 is 0 Å². The molecule has 1 rings (SSSR count). The smallest absolute Gasteiger partial charge is 0.317 e. The monoisotopic (exact) mass is 210 g/mol. The second-order valence-electron chi connectivity index (χ2n) is 4.03. The van der Waals surface area contributed by atoms with E-state index in [2.05, 4.69) is 18.2 Å². The van der Waals surface area contributed by atoms with Crippen molar-refractivity contribution in [3.8, 4) is 0 Å². The zero-order chi connectivity index (χ0) is 11.3. The SMILES string of the molecule is C=CCC(CCCC)C1CC(=O)OC1=O. The normalized spacial score (nSPS) is 22.6. The molecular weight excluding hydrogens is 192 g/mol. The Morgan fingerprint density at radius 1 is 1.60 bits per heavy atom. The van der Waals surface area contributed by atoms with E-state index in [-0.39, 0.29) is 30.2 Å². The molecule has 0 aliphatic carbocycles. The van der Waals surface area contributed by atoms with Gasteiger partial charge in [-0.15, -0.1) is 6.58 Å². The van der Waals surface area contributed by atoms with E-state index in [4.69, 9.17) is 0 Å². The predicted molar refractivity (Wildman–Crippen MR) is 57.0 cm³/mol. The van der Waals surface area contributed by atoms with Gasteiger partial charge in [-0.05, 0) is 18.8 Å². The Balaban J connectivity index is 2.57. The molecule has 1 aliphatic rings. The van der Waals surface area contributed by atoms with Crippen LogP contribution in [0, 0.1) is 11.8 Å². The minimum atomic E-state index is -0.379. The molecule has 1 heterocycles. The van der Waals surface area contributed by atoms with Crippen LogP contribution in [0.25, 0.3) is 0 Å². The van der Waals surface area contributed by atoms with Gasteiger partial charge in [0.25, 0.3) is 0 Å². The van der Waals surface area contributed by atoms with Gasteiger partial charge in [0.15, 0.2) is 0 Å². The lowest BCUT2D eigenvalue weighted by molar-refractivity contribution is -0.153. The molecule has 0 aromatic heterocycles. The second kappa shape index (κ2) is 5.69. The van der Waals surface area contributed by atoms with Crippen molar-refractivity contribution < 1.29 is 14.3 Å². The zero-order valence-electron chi connectivity index (χ0n) is 9.20. The number of ether oxygens (including phenoxy) is 1. The van der Waals surface area contributed by atoms with Gasteiger partial charge in [-0.2, -0.15) is 0 Å². The van der Waals surface area contributed by atoms with Crippen molar-refractivity contribution in [3.63, 3.8) is 0 Å². The molecule has 2 atom stereocenters. The van der Waals surface area contributed by atoms with E-state index in [0.717, 1.165) is 25.7 Å². The number of hydrogen-bond acceptors (Lipinski definition) is 3. The molecule has 0 spiro atoms. The number of esters is 2. The highest BCUT2D eigenvalue weighted by molar-refractivity contribution is 5.94. The van der Waals surface area contributed by atoms with Crippen LogP contribution >= 0.6 is 0 Å². The molecule has 3 heteroatoms. The van der Waals surface area contributed by atoms with Gasteiger partial charge < -0.3 is 4.74 Å². The number of carbonyl (C=O) groups is 2. The topological polar surface area (TPSA) is 43.4 Å². The first-order chi connectivity index (χ1) is 7.19. The average molecular weight is 210 g/mol. The van der Waals surface area contributed by atoms with Gasteiger partial charge in [-0.1, -0.05) is 25.8 Å². The summed E-state index contributed by atoms with van der Waals surface area (Å²) in [6, 6.07) is 0. The first-order valence-electron chi connectivity index (χ1n) is 5.54. The first kappa shape index (κ1) is 12.0. The van der Waals surface area contributed by atoms with Crippen LogP contribution in [0.15, 0.2) is 12.7 Å². The summed E-state index contributed by atoms with van der Waals surface area (Å²) in [5.74, 6) is -0.734. The largest absolute Gasteiger partial charge is 0.393 e. The van der Waals surface area contributed by atoms with Crippen molar-refractivity contribution in [3.05, 3.63) is 12.7 Å². The van der Waals surface area contributed by atoms with Crippen molar-refractivity contribution in [1.29, 1.82) is 0 Å². The van der Waals surface area contributed by atoms with Crippen LogP contribution in [0.1, 0.15) is 39.0 Å². The standard InChI is InChI=1S/C12H18O3/c1-3-5-7-9(6-4-2)10-8-11(13)15-12(10)14/h4,9-10H,2-3,5-8H2,1H3. The maximum Gasteiger partial charge on any atom is 0.317 e. The van der Waals surface area contributed by atoms with Crippen LogP contribution in [-0.2, 0) is 14.3 Å². The minimum absolute atomic E-state index is 0.224. The third-order valence-corrected chi connectivity index (χ3v) is 2.87. The molecule has 1 saturated heterocycles. The summed E-state index contributed by atoms with van der Waals surface area (Å²) in [5.41, 5.74) is 0. The summed E-state index contributed by atoms with van der Waals surface area (Å²) < 4.78 is 4.57. The number of cyclic esters (lactones) is 2. The zero-order valence-corrected chi connectivity index (χ0v) is 9.20. The number of hydrogen-bond donors (Lipinski definition) is 0. The molecule has 15 heavy (non-hydrogen) atoms. The number of unbranched alkanes of at least 4 members (excludes halogenated alkanes) is 1. The Hall–Kier alpha value is -1.12. The lowest BCUT2D eigenvalue weighted by Gasteiger charge is -2.17. The van der Waals surface area contributed by atoms with E-state index in [1.807, 2.05) is 6.08 Å². The van der Waals surface area contributed by atoms with Crippen LogP contribution in [0.2, 0.25) is 0 Å². The van der Waals surface area contributed by atoms with Crippen LogP contribution in [0.5, 0.6) is 0 Å². The van der Waals surface area contributed by atoms with E-state index < -0.39 is 0 Å². The fourth-order valence-corrected chi connectivity index (χ4v) is 2.02. The molecule has 0 bridgehead atoms. The van der Waals surface area contributed by atoms with E-state index in [1.165, 1.54) is 0 Å². The quantitative estimate of drug-likeness (QED) is 0.384. The Morgan fingerprint density at radius 2 is 2.33 bits per heavy atom. The fourth-order valence-electron chi connectivity index (χ4n) is 2.02. The highest BCUT2D eigenvalue weighted by Crippen LogP contribution is 2.30. The highest BCUT2D eigenvalue weighted by atomic mass is 16.6. The van der Waals surface area contributed by atoms with Crippen molar-refractivity contribution in [2.75, 3.05) is 0 Å². The maximum absolute atomic E-state index is 11.4. The molecule has 0 aromatic carbocycles.